The summed E-state index contributed by atoms with van der Waals surface area (Å²) in [6.45, 7) is 20.9. The molecule has 2 aromatic rings. The lowest BCUT2D eigenvalue weighted by molar-refractivity contribution is 0.0490. The number of benzene rings is 2. The number of hydrazine groups is 1. The smallest absolute Gasteiger partial charge is 0.257 e. The molecule has 274 valence electrons. The minimum Gasteiger partial charge on any atom is -0.493 e. The fourth-order valence-electron chi connectivity index (χ4n) is 7.43. The zero-order valence-electron chi connectivity index (χ0n) is 31.2. The van der Waals surface area contributed by atoms with Crippen molar-refractivity contribution in [3.63, 3.8) is 0 Å². The molecule has 4 aliphatic heterocycles. The molecule has 11 heteroatoms. The minimum atomic E-state index is -0.920. The van der Waals surface area contributed by atoms with E-state index in [-0.39, 0.29) is 34.7 Å². The second kappa shape index (κ2) is 14.0. The molecule has 0 saturated carbocycles. The van der Waals surface area contributed by atoms with Crippen molar-refractivity contribution < 1.29 is 28.9 Å². The Hall–Kier alpha value is -4.35. The number of methoxy groups -OCH3 is 1. The van der Waals surface area contributed by atoms with Gasteiger partial charge in [0.05, 0.1) is 54.9 Å². The maximum atomic E-state index is 13.6. The molecular weight excluding hydrogens is 646 g/mol. The standard InChI is InChI=1S/C40H53N5O6/c1-24-14-27-20-42-30-18-35(34(49-9)17-28(30)36(46)43(27)21-24)51-23-40(6,7)11-10-39(4,5)12-13-50-33-19-31-29(16-26(33)3)37(47)44-22-25(2)15-32(44)38(48)45(31)41-8/h16-20,27,32,38,41,48H,1-2,10-15,21-23H2,3-9H3. The van der Waals surface area contributed by atoms with Gasteiger partial charge in [-0.15, -0.1) is 0 Å². The van der Waals surface area contributed by atoms with Crippen molar-refractivity contribution in [1.29, 1.82) is 0 Å². The molecule has 2 saturated heterocycles. The first-order valence-corrected chi connectivity index (χ1v) is 17.9. The molecule has 3 unspecified atom stereocenters. The molecule has 0 bridgehead atoms. The number of nitrogens with zero attached hydrogens (tertiary/aromatic N) is 4. The molecule has 6 rings (SSSR count). The van der Waals surface area contributed by atoms with Gasteiger partial charge in [0.2, 0.25) is 0 Å². The van der Waals surface area contributed by atoms with Gasteiger partial charge < -0.3 is 29.1 Å². The SMILES string of the molecule is C=C1CC2C=Nc3cc(OCC(C)(C)CCC(C)(C)CCOc4cc5c(cc4C)C(=O)N4CC(=C)CC4C(O)N5NC)c(OC)cc3C(=O)N2C1. The zero-order valence-corrected chi connectivity index (χ0v) is 31.2. The van der Waals surface area contributed by atoms with Crippen molar-refractivity contribution >= 4 is 29.4 Å². The number of hydrogen-bond donors (Lipinski definition) is 2. The van der Waals surface area contributed by atoms with E-state index in [9.17, 15) is 14.7 Å². The second-order valence-electron chi connectivity index (χ2n) is 16.1. The highest BCUT2D eigenvalue weighted by atomic mass is 16.5. The molecule has 3 atom stereocenters. The first kappa shape index (κ1) is 36.4. The first-order valence-electron chi connectivity index (χ1n) is 17.9. The fraction of sp³-hybridized carbons (Fsp3) is 0.525. The van der Waals surface area contributed by atoms with Crippen molar-refractivity contribution in [1.82, 2.24) is 15.2 Å². The van der Waals surface area contributed by atoms with Crippen LogP contribution in [0.2, 0.25) is 0 Å². The molecule has 2 amide bonds. The summed E-state index contributed by atoms with van der Waals surface area (Å²) in [5.41, 5.74) is 8.01. The van der Waals surface area contributed by atoms with Gasteiger partial charge >= 0.3 is 0 Å². The topological polar surface area (TPSA) is 116 Å². The van der Waals surface area contributed by atoms with Gasteiger partial charge in [-0.05, 0) is 67.6 Å². The third-order valence-electron chi connectivity index (χ3n) is 10.8. The number of anilines is 1. The summed E-state index contributed by atoms with van der Waals surface area (Å²) in [4.78, 5) is 35.1. The number of fused-ring (bicyclic) bond motifs is 4. The van der Waals surface area contributed by atoms with E-state index in [1.54, 1.807) is 30.1 Å². The first-order chi connectivity index (χ1) is 24.1. The molecule has 11 nitrogen and oxygen atoms in total. The Kier molecular flexibility index (Phi) is 10.00. The Bertz CT molecular complexity index is 1770. The number of carbonyl (C=O) groups excluding carboxylic acids is 2. The number of amides is 2. The Morgan fingerprint density at radius 2 is 1.57 bits per heavy atom. The van der Waals surface area contributed by atoms with Gasteiger partial charge in [0.15, 0.2) is 17.7 Å². The molecular formula is C40H53N5O6. The molecule has 0 aliphatic carbocycles. The van der Waals surface area contributed by atoms with E-state index >= 15 is 0 Å². The number of aryl methyl sites for hydroxylation is 1. The van der Waals surface area contributed by atoms with Crippen LogP contribution in [0.25, 0.3) is 0 Å². The average molecular weight is 700 g/mol. The van der Waals surface area contributed by atoms with Crippen LogP contribution in [-0.2, 0) is 0 Å². The molecule has 0 aromatic heterocycles. The van der Waals surface area contributed by atoms with E-state index in [4.69, 9.17) is 14.2 Å². The number of ether oxygens (including phenoxy) is 3. The Labute approximate surface area is 301 Å². The van der Waals surface area contributed by atoms with Crippen molar-refractivity contribution in [2.75, 3.05) is 45.5 Å². The van der Waals surface area contributed by atoms with Crippen LogP contribution >= 0.6 is 0 Å². The van der Waals surface area contributed by atoms with E-state index < -0.39 is 6.23 Å². The highest BCUT2D eigenvalue weighted by Gasteiger charge is 2.43. The van der Waals surface area contributed by atoms with Crippen LogP contribution in [0, 0.1) is 17.8 Å². The van der Waals surface area contributed by atoms with Gasteiger partial charge in [0, 0.05) is 38.5 Å². The summed E-state index contributed by atoms with van der Waals surface area (Å²) < 4.78 is 18.4. The number of aliphatic imine (C=N–C) groups is 1. The van der Waals surface area contributed by atoms with Crippen LogP contribution in [0.1, 0.15) is 86.1 Å². The molecule has 2 N–H and O–H groups in total. The largest absolute Gasteiger partial charge is 0.493 e. The van der Waals surface area contributed by atoms with E-state index in [1.165, 1.54) is 0 Å². The highest BCUT2D eigenvalue weighted by molar-refractivity contribution is 6.04. The van der Waals surface area contributed by atoms with Gasteiger partial charge in [-0.3, -0.25) is 19.6 Å². The van der Waals surface area contributed by atoms with Gasteiger partial charge in [0.25, 0.3) is 11.8 Å². The van der Waals surface area contributed by atoms with Crippen molar-refractivity contribution in [2.45, 2.75) is 85.0 Å². The summed E-state index contributed by atoms with van der Waals surface area (Å²) in [7, 11) is 3.33. The number of aliphatic hydroxyl groups is 1. The van der Waals surface area contributed by atoms with E-state index in [2.05, 4.69) is 51.3 Å². The number of hydrogen-bond acceptors (Lipinski definition) is 9. The molecule has 0 spiro atoms. The monoisotopic (exact) mass is 699 g/mol. The zero-order chi connectivity index (χ0) is 36.8. The number of nitrogens with one attached hydrogen (secondary N) is 1. The third-order valence-corrected chi connectivity index (χ3v) is 10.8. The van der Waals surface area contributed by atoms with Gasteiger partial charge in [0.1, 0.15) is 5.75 Å². The number of aliphatic hydroxyl groups excluding tert-OH is 1. The lowest BCUT2D eigenvalue weighted by atomic mass is 9.78. The van der Waals surface area contributed by atoms with Crippen molar-refractivity contribution in [3.8, 4) is 17.2 Å². The normalized spacial score (nSPS) is 21.6. The number of carbonyl (C=O) groups is 2. The predicted octanol–water partition coefficient (Wildman–Crippen LogP) is 6.21. The minimum absolute atomic E-state index is 0.0112. The van der Waals surface area contributed by atoms with E-state index in [0.29, 0.717) is 72.5 Å². The molecule has 4 heterocycles. The van der Waals surface area contributed by atoms with Gasteiger partial charge in [-0.25, -0.2) is 5.43 Å². The van der Waals surface area contributed by atoms with Crippen LogP contribution in [0.5, 0.6) is 17.2 Å². The number of rotatable bonds is 12. The molecule has 2 aromatic carbocycles. The third kappa shape index (κ3) is 7.37. The Morgan fingerprint density at radius 1 is 0.882 bits per heavy atom. The Morgan fingerprint density at radius 3 is 2.29 bits per heavy atom. The molecule has 4 aliphatic rings. The summed E-state index contributed by atoms with van der Waals surface area (Å²) in [5.74, 6) is 1.60. The summed E-state index contributed by atoms with van der Waals surface area (Å²) in [6.07, 6.45) is 4.91. The molecule has 0 radical (unpaired) electrons. The summed E-state index contributed by atoms with van der Waals surface area (Å²) in [6, 6.07) is 6.85. The Balaban J connectivity index is 1.06. The molecule has 2 fully saturated rings. The van der Waals surface area contributed by atoms with Crippen molar-refractivity contribution in [2.24, 2.45) is 15.8 Å². The average Bonchev–Trinajstić information content (AvgIpc) is 3.62. The van der Waals surface area contributed by atoms with Gasteiger partial charge in [-0.2, -0.15) is 0 Å². The lowest BCUT2D eigenvalue weighted by Gasteiger charge is -2.33. The van der Waals surface area contributed by atoms with E-state index in [1.807, 2.05) is 36.2 Å². The predicted molar refractivity (Wildman–Crippen MR) is 199 cm³/mol. The van der Waals surface area contributed by atoms with Crippen LogP contribution in [0.3, 0.4) is 0 Å². The fourth-order valence-corrected chi connectivity index (χ4v) is 7.43. The molecule has 51 heavy (non-hydrogen) atoms. The van der Waals surface area contributed by atoms with Crippen molar-refractivity contribution in [3.05, 3.63) is 65.3 Å². The quantitative estimate of drug-likeness (QED) is 0.251. The summed E-state index contributed by atoms with van der Waals surface area (Å²) in [5, 5.41) is 12.9. The van der Waals surface area contributed by atoms with Crippen LogP contribution in [0.4, 0.5) is 11.4 Å². The van der Waals surface area contributed by atoms with Crippen LogP contribution in [-0.4, -0.2) is 91.7 Å². The maximum Gasteiger partial charge on any atom is 0.257 e. The maximum absolute atomic E-state index is 13.6. The van der Waals surface area contributed by atoms with Crippen LogP contribution < -0.4 is 24.6 Å². The van der Waals surface area contributed by atoms with E-state index in [0.717, 1.165) is 42.4 Å². The second-order valence-corrected chi connectivity index (χ2v) is 16.1. The van der Waals surface area contributed by atoms with Crippen LogP contribution in [0.15, 0.2) is 53.6 Å². The van der Waals surface area contributed by atoms with Gasteiger partial charge in [-0.1, -0.05) is 52.0 Å². The lowest BCUT2D eigenvalue weighted by Crippen LogP contribution is -2.52. The highest BCUT2D eigenvalue weighted by Crippen LogP contribution is 2.41. The summed E-state index contributed by atoms with van der Waals surface area (Å²) >= 11 is 0.